The van der Waals surface area contributed by atoms with Crippen LogP contribution in [-0.2, 0) is 21.1 Å². The van der Waals surface area contributed by atoms with E-state index in [0.29, 0.717) is 24.0 Å². The topological polar surface area (TPSA) is 89.0 Å². The molecule has 0 aliphatic carbocycles. The van der Waals surface area contributed by atoms with Gasteiger partial charge in [-0.15, -0.1) is 0 Å². The average Bonchev–Trinajstić information content (AvgIpc) is 3.25. The molecule has 1 aliphatic heterocycles. The molecule has 1 aliphatic rings. The molecule has 2 N–H and O–H groups in total. The number of aryl methyl sites for hydroxylation is 1. The molecule has 0 radical (unpaired) electrons. The zero-order chi connectivity index (χ0) is 21.4. The molecule has 1 fully saturated rings. The summed E-state index contributed by atoms with van der Waals surface area (Å²) in [4.78, 5) is 4.51. The number of hydrogen-bond donors (Lipinski definition) is 2. The van der Waals surface area contributed by atoms with Crippen molar-refractivity contribution in [3.8, 4) is 5.75 Å². The molecule has 1 heterocycles. The Bertz CT molecular complexity index is 956. The van der Waals surface area contributed by atoms with Crippen LogP contribution in [0.2, 0.25) is 0 Å². The number of ether oxygens (including phenoxy) is 2. The first-order valence-electron chi connectivity index (χ1n) is 10.0. The van der Waals surface area contributed by atoms with Crippen LogP contribution >= 0.6 is 0 Å². The van der Waals surface area contributed by atoms with Gasteiger partial charge in [0, 0.05) is 32.1 Å². The average molecular weight is 432 g/mol. The van der Waals surface area contributed by atoms with Crippen LogP contribution in [-0.4, -0.2) is 53.0 Å². The van der Waals surface area contributed by atoms with E-state index in [0.717, 1.165) is 29.9 Å². The molecule has 0 saturated carbocycles. The summed E-state index contributed by atoms with van der Waals surface area (Å²) >= 11 is 0. The molecule has 1 saturated heterocycles. The van der Waals surface area contributed by atoms with E-state index in [1.165, 1.54) is 0 Å². The first kappa shape index (κ1) is 22.1. The van der Waals surface area contributed by atoms with Gasteiger partial charge in [-0.2, -0.15) is 0 Å². The number of nitrogens with zero attached hydrogens (tertiary/aromatic N) is 1. The van der Waals surface area contributed by atoms with Crippen LogP contribution in [0.15, 0.2) is 58.4 Å². The first-order chi connectivity index (χ1) is 14.5. The number of rotatable bonds is 8. The highest BCUT2D eigenvalue weighted by molar-refractivity contribution is 7.91. The molecule has 2 aromatic carbocycles. The zero-order valence-electron chi connectivity index (χ0n) is 17.4. The van der Waals surface area contributed by atoms with Crippen LogP contribution in [0.1, 0.15) is 17.5 Å². The van der Waals surface area contributed by atoms with Gasteiger partial charge in [0.15, 0.2) is 15.8 Å². The van der Waals surface area contributed by atoms with Gasteiger partial charge in [0.1, 0.15) is 11.9 Å². The minimum atomic E-state index is -3.33. The van der Waals surface area contributed by atoms with Crippen LogP contribution in [0.5, 0.6) is 5.75 Å². The lowest BCUT2D eigenvalue weighted by molar-refractivity contribution is 0.140. The summed E-state index contributed by atoms with van der Waals surface area (Å²) in [5.74, 6) is 1.35. The number of nitrogens with one attached hydrogen (secondary N) is 2. The SMILES string of the molecule is CN=C(NCCS(=O)(=O)c1ccccc1)NCc1ccc(C)cc1OC1CCOC1. The van der Waals surface area contributed by atoms with Crippen LogP contribution in [0.3, 0.4) is 0 Å². The quantitative estimate of drug-likeness (QED) is 0.493. The van der Waals surface area contributed by atoms with E-state index < -0.39 is 9.84 Å². The molecule has 1 unspecified atom stereocenters. The molecule has 30 heavy (non-hydrogen) atoms. The minimum Gasteiger partial charge on any atom is -0.488 e. The number of sulfone groups is 1. The Morgan fingerprint density at radius 2 is 2.00 bits per heavy atom. The Kier molecular flexibility index (Phi) is 7.70. The van der Waals surface area contributed by atoms with Crippen molar-refractivity contribution in [1.82, 2.24) is 10.6 Å². The van der Waals surface area contributed by atoms with Crippen LogP contribution in [0.25, 0.3) is 0 Å². The van der Waals surface area contributed by atoms with E-state index in [9.17, 15) is 8.42 Å². The highest BCUT2D eigenvalue weighted by Gasteiger charge is 2.19. The number of hydrogen-bond acceptors (Lipinski definition) is 5. The van der Waals surface area contributed by atoms with E-state index in [-0.39, 0.29) is 18.4 Å². The second-order valence-corrected chi connectivity index (χ2v) is 9.31. The van der Waals surface area contributed by atoms with Gasteiger partial charge >= 0.3 is 0 Å². The second-order valence-electron chi connectivity index (χ2n) is 7.20. The van der Waals surface area contributed by atoms with E-state index in [4.69, 9.17) is 9.47 Å². The monoisotopic (exact) mass is 431 g/mol. The Balaban J connectivity index is 1.54. The van der Waals surface area contributed by atoms with E-state index >= 15 is 0 Å². The molecule has 7 nitrogen and oxygen atoms in total. The smallest absolute Gasteiger partial charge is 0.191 e. The molecule has 3 rings (SSSR count). The van der Waals surface area contributed by atoms with Crippen molar-refractivity contribution in [3.63, 3.8) is 0 Å². The summed E-state index contributed by atoms with van der Waals surface area (Å²) in [6.45, 7) is 4.14. The van der Waals surface area contributed by atoms with Gasteiger partial charge in [0.05, 0.1) is 23.9 Å². The Hall–Kier alpha value is -2.58. The molecule has 1 atom stereocenters. The lowest BCUT2D eigenvalue weighted by Crippen LogP contribution is -2.39. The lowest BCUT2D eigenvalue weighted by atomic mass is 10.1. The zero-order valence-corrected chi connectivity index (χ0v) is 18.2. The van der Waals surface area contributed by atoms with Crippen molar-refractivity contribution in [2.24, 2.45) is 4.99 Å². The molecular formula is C22H29N3O4S. The fraction of sp³-hybridized carbons (Fsp3) is 0.409. The molecule has 162 valence electrons. The lowest BCUT2D eigenvalue weighted by Gasteiger charge is -2.18. The minimum absolute atomic E-state index is 0.0156. The maximum atomic E-state index is 12.4. The highest BCUT2D eigenvalue weighted by atomic mass is 32.2. The van der Waals surface area contributed by atoms with E-state index in [1.54, 1.807) is 37.4 Å². The number of benzene rings is 2. The standard InChI is InChI=1S/C22H29N3O4S/c1-17-8-9-18(21(14-17)29-19-10-12-28-16-19)15-25-22(23-2)24-11-13-30(26,27)20-6-4-3-5-7-20/h3-9,14,19H,10-13,15-16H2,1-2H3,(H2,23,24,25). The third-order valence-electron chi connectivity index (χ3n) is 4.84. The molecule has 0 bridgehead atoms. The van der Waals surface area contributed by atoms with Crippen LogP contribution in [0.4, 0.5) is 0 Å². The predicted octanol–water partition coefficient (Wildman–Crippen LogP) is 2.30. The second kappa shape index (κ2) is 10.4. The Morgan fingerprint density at radius 1 is 1.20 bits per heavy atom. The third-order valence-corrected chi connectivity index (χ3v) is 6.57. The largest absolute Gasteiger partial charge is 0.488 e. The van der Waals surface area contributed by atoms with Crippen molar-refractivity contribution >= 4 is 15.8 Å². The van der Waals surface area contributed by atoms with Gasteiger partial charge in [-0.1, -0.05) is 30.3 Å². The molecular weight excluding hydrogens is 402 g/mol. The summed E-state index contributed by atoms with van der Waals surface area (Å²) in [5, 5.41) is 6.30. The van der Waals surface area contributed by atoms with Crippen LogP contribution in [0, 0.1) is 6.92 Å². The highest BCUT2D eigenvalue weighted by Crippen LogP contribution is 2.23. The molecule has 2 aromatic rings. The Labute approximate surface area is 178 Å². The normalized spacial score (nSPS) is 17.0. The maximum Gasteiger partial charge on any atom is 0.191 e. The van der Waals surface area contributed by atoms with Crippen molar-refractivity contribution < 1.29 is 17.9 Å². The van der Waals surface area contributed by atoms with Crippen molar-refractivity contribution in [3.05, 3.63) is 59.7 Å². The summed E-state index contributed by atoms with van der Waals surface area (Å²) in [6, 6.07) is 14.6. The van der Waals surface area contributed by atoms with Crippen LogP contribution < -0.4 is 15.4 Å². The van der Waals surface area contributed by atoms with Gasteiger partial charge < -0.3 is 20.1 Å². The predicted molar refractivity (Wildman–Crippen MR) is 118 cm³/mol. The van der Waals surface area contributed by atoms with Crippen molar-refractivity contribution in [1.29, 1.82) is 0 Å². The van der Waals surface area contributed by atoms with Gasteiger partial charge in [-0.3, -0.25) is 4.99 Å². The van der Waals surface area contributed by atoms with Crippen molar-refractivity contribution in [2.75, 3.05) is 32.6 Å². The van der Waals surface area contributed by atoms with Gasteiger partial charge in [-0.05, 0) is 30.7 Å². The number of guanidine groups is 1. The molecule has 8 heteroatoms. The summed E-state index contributed by atoms with van der Waals surface area (Å²) in [6.07, 6.45) is 0.964. The molecule has 0 spiro atoms. The van der Waals surface area contributed by atoms with Gasteiger partial charge in [0.2, 0.25) is 0 Å². The maximum absolute atomic E-state index is 12.4. The summed E-state index contributed by atoms with van der Waals surface area (Å²) in [5.41, 5.74) is 2.13. The Morgan fingerprint density at radius 3 is 2.70 bits per heavy atom. The first-order valence-corrected chi connectivity index (χ1v) is 11.7. The van der Waals surface area contributed by atoms with Crippen molar-refractivity contribution in [2.45, 2.75) is 30.9 Å². The third kappa shape index (κ3) is 6.21. The summed E-state index contributed by atoms with van der Waals surface area (Å²) in [7, 11) is -1.68. The van der Waals surface area contributed by atoms with Gasteiger partial charge in [-0.25, -0.2) is 8.42 Å². The number of aliphatic imine (C=N–C) groups is 1. The fourth-order valence-corrected chi connectivity index (χ4v) is 4.33. The van der Waals surface area contributed by atoms with E-state index in [2.05, 4.69) is 15.6 Å². The van der Waals surface area contributed by atoms with Gasteiger partial charge in [0.25, 0.3) is 0 Å². The fourth-order valence-electron chi connectivity index (χ4n) is 3.15. The molecule has 0 amide bonds. The summed E-state index contributed by atoms with van der Waals surface area (Å²) < 4.78 is 36.3. The molecule has 0 aromatic heterocycles. The van der Waals surface area contributed by atoms with E-state index in [1.807, 2.05) is 25.1 Å².